The number of aliphatic hydroxyl groups is 1. The van der Waals surface area contributed by atoms with Crippen molar-refractivity contribution in [3.05, 3.63) is 64.7 Å². The second-order valence-corrected chi connectivity index (χ2v) is 9.22. The standard InChI is InChI=1S/C25H31F2NO4/c1-25(2,13-16-11-18-5-3-4-6-19(18)12-16)28-14-20(29)15-32-24-17(8-10-22(30)31)7-9-21(26)23(24)27/h3-7,9,16,20,28-29H,8,10-15H2,1-2H3,(H,30,31). The van der Waals surface area contributed by atoms with Crippen LogP contribution in [0, 0.1) is 17.6 Å². The number of ether oxygens (including phenoxy) is 1. The highest BCUT2D eigenvalue weighted by Gasteiger charge is 2.28. The molecule has 3 N–H and O–H groups in total. The maximum Gasteiger partial charge on any atom is 0.303 e. The minimum Gasteiger partial charge on any atom is -0.487 e. The molecule has 5 nitrogen and oxygen atoms in total. The van der Waals surface area contributed by atoms with Crippen LogP contribution in [0.4, 0.5) is 8.78 Å². The molecule has 0 amide bonds. The molecular weight excluding hydrogens is 416 g/mol. The van der Waals surface area contributed by atoms with Crippen molar-refractivity contribution < 1.29 is 28.5 Å². The van der Waals surface area contributed by atoms with E-state index in [0.717, 1.165) is 25.3 Å². The molecule has 1 unspecified atom stereocenters. The van der Waals surface area contributed by atoms with Crippen molar-refractivity contribution in [2.24, 2.45) is 5.92 Å². The number of β-amino-alcohol motifs (C(OH)–C–C–N with tert-alkyl or cyclic N) is 1. The number of fused-ring (bicyclic) bond motifs is 1. The molecule has 0 radical (unpaired) electrons. The molecule has 7 heteroatoms. The van der Waals surface area contributed by atoms with Crippen LogP contribution in [0.15, 0.2) is 36.4 Å². The van der Waals surface area contributed by atoms with Crippen LogP contribution < -0.4 is 10.1 Å². The third kappa shape index (κ3) is 6.50. The van der Waals surface area contributed by atoms with Crippen molar-refractivity contribution in [3.63, 3.8) is 0 Å². The summed E-state index contributed by atoms with van der Waals surface area (Å²) in [5, 5.41) is 22.6. The largest absolute Gasteiger partial charge is 0.487 e. The number of hydrogen-bond acceptors (Lipinski definition) is 4. The first-order chi connectivity index (χ1) is 15.1. The number of nitrogens with one attached hydrogen (secondary N) is 1. The molecule has 3 rings (SSSR count). The third-order valence-electron chi connectivity index (χ3n) is 5.91. The van der Waals surface area contributed by atoms with Gasteiger partial charge >= 0.3 is 5.97 Å². The maximum absolute atomic E-state index is 14.2. The van der Waals surface area contributed by atoms with Gasteiger partial charge in [0.2, 0.25) is 5.82 Å². The minimum absolute atomic E-state index is 0.00696. The summed E-state index contributed by atoms with van der Waals surface area (Å²) < 4.78 is 33.2. The van der Waals surface area contributed by atoms with Crippen LogP contribution in [0.25, 0.3) is 0 Å². The zero-order chi connectivity index (χ0) is 23.3. The van der Waals surface area contributed by atoms with Gasteiger partial charge in [0.15, 0.2) is 11.6 Å². The van der Waals surface area contributed by atoms with E-state index in [1.165, 1.54) is 17.2 Å². The molecule has 32 heavy (non-hydrogen) atoms. The first-order valence-electron chi connectivity index (χ1n) is 11.0. The van der Waals surface area contributed by atoms with Crippen LogP contribution in [0.2, 0.25) is 0 Å². The lowest BCUT2D eigenvalue weighted by Crippen LogP contribution is -2.46. The predicted molar refractivity (Wildman–Crippen MR) is 118 cm³/mol. The number of halogens is 2. The van der Waals surface area contributed by atoms with Crippen LogP contribution in [0.1, 0.15) is 43.4 Å². The fraction of sp³-hybridized carbons (Fsp3) is 0.480. The second kappa shape index (κ2) is 10.4. The molecule has 1 aliphatic carbocycles. The number of carboxylic acid groups (broad SMARTS) is 1. The third-order valence-corrected chi connectivity index (χ3v) is 5.91. The quantitative estimate of drug-likeness (QED) is 0.487. The zero-order valence-corrected chi connectivity index (χ0v) is 18.5. The number of carboxylic acids is 1. The molecule has 0 bridgehead atoms. The lowest BCUT2D eigenvalue weighted by molar-refractivity contribution is -0.136. The van der Waals surface area contributed by atoms with Gasteiger partial charge in [-0.05, 0) is 68.2 Å². The lowest BCUT2D eigenvalue weighted by Gasteiger charge is -2.30. The first kappa shape index (κ1) is 24.1. The van der Waals surface area contributed by atoms with E-state index < -0.39 is 23.7 Å². The Bertz CT molecular complexity index is 923. The van der Waals surface area contributed by atoms with E-state index in [1.807, 2.05) is 0 Å². The van der Waals surface area contributed by atoms with Crippen molar-refractivity contribution in [2.75, 3.05) is 13.2 Å². The van der Waals surface area contributed by atoms with Gasteiger partial charge in [-0.1, -0.05) is 30.3 Å². The Balaban J connectivity index is 1.50. The van der Waals surface area contributed by atoms with Gasteiger partial charge in [-0.15, -0.1) is 0 Å². The fourth-order valence-electron chi connectivity index (χ4n) is 4.39. The summed E-state index contributed by atoms with van der Waals surface area (Å²) in [6.07, 6.45) is 1.87. The van der Waals surface area contributed by atoms with Gasteiger partial charge in [0.05, 0.1) is 0 Å². The van der Waals surface area contributed by atoms with E-state index in [1.54, 1.807) is 0 Å². The van der Waals surface area contributed by atoms with E-state index in [9.17, 15) is 18.7 Å². The summed E-state index contributed by atoms with van der Waals surface area (Å²) >= 11 is 0. The highest BCUT2D eigenvalue weighted by atomic mass is 19.2. The topological polar surface area (TPSA) is 78.8 Å². The van der Waals surface area contributed by atoms with Gasteiger partial charge in [-0.25, -0.2) is 4.39 Å². The van der Waals surface area contributed by atoms with E-state index in [2.05, 4.69) is 43.4 Å². The summed E-state index contributed by atoms with van der Waals surface area (Å²) in [6.45, 7) is 4.16. The molecule has 0 saturated heterocycles. The second-order valence-electron chi connectivity index (χ2n) is 9.22. The average molecular weight is 448 g/mol. The lowest BCUT2D eigenvalue weighted by atomic mass is 9.88. The predicted octanol–water partition coefficient (Wildman–Crippen LogP) is 3.90. The Morgan fingerprint density at radius 3 is 2.47 bits per heavy atom. The molecule has 0 spiro atoms. The monoisotopic (exact) mass is 447 g/mol. The van der Waals surface area contributed by atoms with Gasteiger partial charge in [-0.3, -0.25) is 4.79 Å². The summed E-state index contributed by atoms with van der Waals surface area (Å²) in [6, 6.07) is 10.7. The van der Waals surface area contributed by atoms with Crippen LogP contribution in [-0.4, -0.2) is 41.0 Å². The van der Waals surface area contributed by atoms with Gasteiger partial charge in [0, 0.05) is 18.5 Å². The molecule has 0 aromatic heterocycles. The van der Waals surface area contributed by atoms with Crippen LogP contribution >= 0.6 is 0 Å². The molecule has 0 saturated carbocycles. The Labute approximate surface area is 187 Å². The summed E-state index contributed by atoms with van der Waals surface area (Å²) in [5.74, 6) is -3.10. The Kier molecular flexibility index (Phi) is 7.85. The molecule has 0 fully saturated rings. The van der Waals surface area contributed by atoms with Gasteiger partial charge < -0.3 is 20.3 Å². The summed E-state index contributed by atoms with van der Waals surface area (Å²) in [5.41, 5.74) is 2.84. The van der Waals surface area contributed by atoms with Crippen molar-refractivity contribution >= 4 is 5.97 Å². The minimum atomic E-state index is -1.17. The van der Waals surface area contributed by atoms with Crippen molar-refractivity contribution in [3.8, 4) is 5.75 Å². The molecule has 0 heterocycles. The zero-order valence-electron chi connectivity index (χ0n) is 18.5. The number of aryl methyl sites for hydroxylation is 1. The molecule has 1 atom stereocenters. The Morgan fingerprint density at radius 2 is 1.84 bits per heavy atom. The van der Waals surface area contributed by atoms with E-state index in [4.69, 9.17) is 9.84 Å². The molecule has 2 aromatic carbocycles. The molecular formula is C25H31F2NO4. The van der Waals surface area contributed by atoms with Crippen LogP contribution in [0.3, 0.4) is 0 Å². The highest BCUT2D eigenvalue weighted by molar-refractivity contribution is 5.67. The molecule has 0 aliphatic heterocycles. The number of aliphatic carboxylic acids is 1. The number of aliphatic hydroxyl groups excluding tert-OH is 1. The summed E-state index contributed by atoms with van der Waals surface area (Å²) in [7, 11) is 0. The summed E-state index contributed by atoms with van der Waals surface area (Å²) in [4.78, 5) is 10.8. The molecule has 1 aliphatic rings. The van der Waals surface area contributed by atoms with Crippen molar-refractivity contribution in [1.29, 1.82) is 0 Å². The Morgan fingerprint density at radius 1 is 1.19 bits per heavy atom. The molecule has 174 valence electrons. The normalized spacial score (nSPS) is 14.9. The van der Waals surface area contributed by atoms with Crippen LogP contribution in [-0.2, 0) is 24.1 Å². The highest BCUT2D eigenvalue weighted by Crippen LogP contribution is 2.32. The van der Waals surface area contributed by atoms with Gasteiger partial charge in [0.25, 0.3) is 0 Å². The number of rotatable bonds is 11. The maximum atomic E-state index is 14.2. The van der Waals surface area contributed by atoms with Crippen molar-refractivity contribution in [2.45, 2.75) is 57.6 Å². The van der Waals surface area contributed by atoms with Gasteiger partial charge in [-0.2, -0.15) is 4.39 Å². The Hall–Kier alpha value is -2.51. The number of carbonyl (C=O) groups is 1. The van der Waals surface area contributed by atoms with E-state index in [0.29, 0.717) is 5.92 Å². The van der Waals surface area contributed by atoms with E-state index >= 15 is 0 Å². The number of benzene rings is 2. The smallest absolute Gasteiger partial charge is 0.303 e. The fourth-order valence-corrected chi connectivity index (χ4v) is 4.39. The van der Waals surface area contributed by atoms with E-state index in [-0.39, 0.29) is 42.8 Å². The van der Waals surface area contributed by atoms with Gasteiger partial charge in [0.1, 0.15) is 12.7 Å². The SMILES string of the molecule is CC(C)(CC1Cc2ccccc2C1)NCC(O)COc1c(CCC(=O)O)ccc(F)c1F. The number of hydrogen-bond donors (Lipinski definition) is 3. The first-order valence-corrected chi connectivity index (χ1v) is 11.0. The van der Waals surface area contributed by atoms with Crippen molar-refractivity contribution in [1.82, 2.24) is 5.32 Å². The average Bonchev–Trinajstić information content (AvgIpc) is 3.13. The molecule has 2 aromatic rings. The van der Waals surface area contributed by atoms with Crippen LogP contribution in [0.5, 0.6) is 5.75 Å².